The number of rotatable bonds is 2. The molecule has 30 heavy (non-hydrogen) atoms. The van der Waals surface area contributed by atoms with Crippen molar-refractivity contribution in [3.8, 4) is 11.1 Å². The Hall–Kier alpha value is -3.81. The maximum atomic E-state index is 13.0. The van der Waals surface area contributed by atoms with Crippen molar-refractivity contribution in [1.29, 1.82) is 0 Å². The fraction of sp³-hybridized carbons (Fsp3) is 0.0909. The van der Waals surface area contributed by atoms with Crippen LogP contribution in [0.2, 0.25) is 0 Å². The monoisotopic (exact) mass is 406 g/mol. The molecule has 0 saturated carbocycles. The molecule has 4 aromatic rings. The molecule has 5 rings (SSSR count). The van der Waals surface area contributed by atoms with Gasteiger partial charge in [-0.05, 0) is 30.3 Å². The number of hydrogen-bond acceptors (Lipinski definition) is 5. The molecule has 0 N–H and O–H groups in total. The highest BCUT2D eigenvalue weighted by molar-refractivity contribution is 6.24. The second kappa shape index (κ2) is 6.35. The number of ketones is 1. The second-order valence-electron chi connectivity index (χ2n) is 6.93. The van der Waals surface area contributed by atoms with Crippen LogP contribution in [0, 0.1) is 0 Å². The number of halogens is 3. The van der Waals surface area contributed by atoms with Crippen LogP contribution in [0.3, 0.4) is 0 Å². The zero-order valence-electron chi connectivity index (χ0n) is 15.6. The van der Waals surface area contributed by atoms with E-state index in [2.05, 4.69) is 15.0 Å². The van der Waals surface area contributed by atoms with Gasteiger partial charge in [0, 0.05) is 47.3 Å². The van der Waals surface area contributed by atoms with Gasteiger partial charge in [0.1, 0.15) is 5.69 Å². The van der Waals surface area contributed by atoms with E-state index < -0.39 is 17.8 Å². The molecule has 148 valence electrons. The molecule has 0 bridgehead atoms. The number of hydrogen-bond donors (Lipinski definition) is 0. The molecule has 0 atom stereocenters. The number of benzene rings is 2. The van der Waals surface area contributed by atoms with Gasteiger partial charge in [-0.2, -0.15) is 13.2 Å². The maximum absolute atomic E-state index is 13.0. The van der Waals surface area contributed by atoms with E-state index in [0.29, 0.717) is 16.5 Å². The second-order valence-corrected chi connectivity index (χ2v) is 6.93. The lowest BCUT2D eigenvalue weighted by atomic mass is 10.0. The zero-order chi connectivity index (χ0) is 21.0. The maximum Gasteiger partial charge on any atom is 0.451 e. The van der Waals surface area contributed by atoms with Crippen molar-refractivity contribution in [1.82, 2.24) is 15.0 Å². The number of para-hydroxylation sites is 1. The summed E-state index contributed by atoms with van der Waals surface area (Å²) in [5.41, 5.74) is 3.21. The van der Waals surface area contributed by atoms with Gasteiger partial charge in [0.15, 0.2) is 0 Å². The lowest BCUT2D eigenvalue weighted by Crippen LogP contribution is -2.13. The zero-order valence-corrected chi connectivity index (χ0v) is 15.6. The van der Waals surface area contributed by atoms with Crippen LogP contribution in [0.4, 0.5) is 24.5 Å². The Morgan fingerprint density at radius 3 is 2.37 bits per heavy atom. The molecule has 5 nitrogen and oxygen atoms in total. The van der Waals surface area contributed by atoms with E-state index in [1.54, 1.807) is 0 Å². The third kappa shape index (κ3) is 2.72. The molecule has 0 spiro atoms. The van der Waals surface area contributed by atoms with Crippen molar-refractivity contribution in [2.45, 2.75) is 6.18 Å². The lowest BCUT2D eigenvalue weighted by Gasteiger charge is -2.20. The Kier molecular flexibility index (Phi) is 3.86. The Bertz CT molecular complexity index is 1320. The first-order valence-electron chi connectivity index (χ1n) is 9.05. The smallest absolute Gasteiger partial charge is 0.345 e. The molecule has 0 radical (unpaired) electrons. The molecule has 1 aliphatic carbocycles. The highest BCUT2D eigenvalue weighted by atomic mass is 19.4. The summed E-state index contributed by atoms with van der Waals surface area (Å²) < 4.78 is 39.0. The van der Waals surface area contributed by atoms with Crippen LogP contribution in [0.5, 0.6) is 0 Å². The summed E-state index contributed by atoms with van der Waals surface area (Å²) in [7, 11) is 1.91. The van der Waals surface area contributed by atoms with Crippen LogP contribution >= 0.6 is 0 Å². The number of carbonyl (C=O) groups excluding carboxylic acids is 1. The van der Waals surface area contributed by atoms with Crippen LogP contribution in [-0.4, -0.2) is 27.8 Å². The van der Waals surface area contributed by atoms with Crippen molar-refractivity contribution < 1.29 is 18.0 Å². The van der Waals surface area contributed by atoms with Crippen LogP contribution in [0.15, 0.2) is 60.9 Å². The molecule has 0 aliphatic heterocycles. The summed E-state index contributed by atoms with van der Waals surface area (Å²) in [6.07, 6.45) is -2.27. The molecule has 8 heteroatoms. The summed E-state index contributed by atoms with van der Waals surface area (Å²) in [6, 6.07) is 15.3. The largest absolute Gasteiger partial charge is 0.451 e. The number of fused-ring (bicyclic) bond motifs is 5. The fourth-order valence-corrected chi connectivity index (χ4v) is 3.65. The number of aromatic nitrogens is 3. The summed E-state index contributed by atoms with van der Waals surface area (Å²) in [5.74, 6) is -1.91. The molecule has 2 heterocycles. The predicted octanol–water partition coefficient (Wildman–Crippen LogP) is 5.02. The van der Waals surface area contributed by atoms with E-state index >= 15 is 0 Å². The van der Waals surface area contributed by atoms with Crippen LogP contribution in [0.1, 0.15) is 21.9 Å². The quantitative estimate of drug-likeness (QED) is 0.412. The minimum Gasteiger partial charge on any atom is -0.345 e. The summed E-state index contributed by atoms with van der Waals surface area (Å²) >= 11 is 0. The molecule has 0 amide bonds. The normalized spacial score (nSPS) is 12.7. The lowest BCUT2D eigenvalue weighted by molar-refractivity contribution is -0.145. The van der Waals surface area contributed by atoms with Crippen molar-refractivity contribution in [2.75, 3.05) is 11.9 Å². The van der Waals surface area contributed by atoms with Gasteiger partial charge in [-0.1, -0.05) is 18.2 Å². The van der Waals surface area contributed by atoms with Gasteiger partial charge in [-0.3, -0.25) is 9.78 Å². The fourth-order valence-electron chi connectivity index (χ4n) is 3.65. The minimum absolute atomic E-state index is 0.227. The van der Waals surface area contributed by atoms with Crippen LogP contribution in [0.25, 0.3) is 22.0 Å². The van der Waals surface area contributed by atoms with E-state index in [1.165, 1.54) is 6.20 Å². The molecule has 2 aromatic carbocycles. The van der Waals surface area contributed by atoms with Gasteiger partial charge in [-0.25, -0.2) is 9.97 Å². The van der Waals surface area contributed by atoms with Gasteiger partial charge in [0.25, 0.3) is 0 Å². The van der Waals surface area contributed by atoms with Crippen molar-refractivity contribution in [3.05, 3.63) is 78.0 Å². The molecule has 2 aromatic heterocycles. The molecule has 0 unspecified atom stereocenters. The molecule has 0 saturated heterocycles. The first kappa shape index (κ1) is 18.2. The molecular weight excluding hydrogens is 393 g/mol. The Morgan fingerprint density at radius 2 is 1.63 bits per heavy atom. The van der Waals surface area contributed by atoms with E-state index in [4.69, 9.17) is 0 Å². The van der Waals surface area contributed by atoms with Gasteiger partial charge >= 0.3 is 6.18 Å². The van der Waals surface area contributed by atoms with E-state index in [1.807, 2.05) is 60.5 Å². The Morgan fingerprint density at radius 1 is 0.900 bits per heavy atom. The first-order valence-corrected chi connectivity index (χ1v) is 9.05. The summed E-state index contributed by atoms with van der Waals surface area (Å²) in [4.78, 5) is 26.0. The van der Waals surface area contributed by atoms with E-state index in [-0.39, 0.29) is 16.8 Å². The van der Waals surface area contributed by atoms with Crippen LogP contribution < -0.4 is 4.90 Å². The predicted molar refractivity (Wildman–Crippen MR) is 106 cm³/mol. The molecule has 1 aliphatic rings. The van der Waals surface area contributed by atoms with Gasteiger partial charge in [0.05, 0.1) is 11.1 Å². The Labute approximate surface area is 168 Å². The van der Waals surface area contributed by atoms with Crippen LogP contribution in [-0.2, 0) is 6.18 Å². The number of alkyl halides is 3. The topological polar surface area (TPSA) is 59.0 Å². The first-order chi connectivity index (χ1) is 14.3. The third-order valence-corrected chi connectivity index (χ3v) is 5.15. The molecular formula is C22H13F3N4O. The molecule has 0 fully saturated rings. The highest BCUT2D eigenvalue weighted by Crippen LogP contribution is 2.41. The summed E-state index contributed by atoms with van der Waals surface area (Å²) in [6.45, 7) is 0. The summed E-state index contributed by atoms with van der Waals surface area (Å²) in [5, 5.41) is 0.656. The average molecular weight is 406 g/mol. The number of nitrogens with zero attached hydrogens (tertiary/aromatic N) is 4. The van der Waals surface area contributed by atoms with E-state index in [0.717, 1.165) is 17.6 Å². The van der Waals surface area contributed by atoms with Crippen molar-refractivity contribution in [3.63, 3.8) is 0 Å². The van der Waals surface area contributed by atoms with E-state index in [9.17, 15) is 18.0 Å². The highest BCUT2D eigenvalue weighted by Gasteiger charge is 2.38. The van der Waals surface area contributed by atoms with Gasteiger partial charge in [-0.15, -0.1) is 0 Å². The van der Waals surface area contributed by atoms with Gasteiger partial charge in [0.2, 0.25) is 11.6 Å². The average Bonchev–Trinajstić information content (AvgIpc) is 3.05. The number of pyridine rings is 1. The SMILES string of the molecule is CN(c1ccccc1)c1ccc2ncc3c(c2c1)-c1cnc(C(F)(F)F)nc1C3=O. The van der Waals surface area contributed by atoms with Crippen molar-refractivity contribution in [2.24, 2.45) is 0 Å². The third-order valence-electron chi connectivity index (χ3n) is 5.15. The Balaban J connectivity index is 1.70. The number of anilines is 2. The number of carbonyl (C=O) groups is 1. The minimum atomic E-state index is -4.73. The standard InChI is InChI=1S/C22H13F3N4O/c1-29(12-5-3-2-4-6-12)13-7-8-17-14(9-13)18-15-10-27-21(22(23,24)25)28-19(15)20(30)16(18)11-26-17/h2-11H,1H3. The van der Waals surface area contributed by atoms with Gasteiger partial charge < -0.3 is 4.90 Å². The van der Waals surface area contributed by atoms with Crippen molar-refractivity contribution >= 4 is 28.1 Å².